The minimum atomic E-state index is 0.578. The summed E-state index contributed by atoms with van der Waals surface area (Å²) in [4.78, 5) is 4.43. The zero-order chi connectivity index (χ0) is 9.38. The van der Waals surface area contributed by atoms with E-state index in [9.17, 15) is 0 Å². The van der Waals surface area contributed by atoms with E-state index in [2.05, 4.69) is 16.4 Å². The highest BCUT2D eigenvalue weighted by atomic mass is 16.3. The highest BCUT2D eigenvalue weighted by molar-refractivity contribution is 5.76. The summed E-state index contributed by atoms with van der Waals surface area (Å²) in [6.45, 7) is 2.16. The Morgan fingerprint density at radius 1 is 1.50 bits per heavy atom. The van der Waals surface area contributed by atoms with Crippen LogP contribution in [0.2, 0.25) is 0 Å². The van der Waals surface area contributed by atoms with Crippen molar-refractivity contribution < 1.29 is 4.42 Å². The number of aromatic nitrogens is 1. The van der Waals surface area contributed by atoms with Gasteiger partial charge in [0, 0.05) is 23.5 Å². The highest BCUT2D eigenvalue weighted by Gasteiger charge is 2.18. The molecule has 14 heavy (non-hydrogen) atoms. The van der Waals surface area contributed by atoms with Crippen molar-refractivity contribution in [1.82, 2.24) is 10.3 Å². The van der Waals surface area contributed by atoms with Crippen LogP contribution in [0.1, 0.15) is 18.0 Å². The summed E-state index contributed by atoms with van der Waals surface area (Å²) >= 11 is 0. The number of fused-ring (bicyclic) bond motifs is 1. The van der Waals surface area contributed by atoms with Gasteiger partial charge in [-0.25, -0.2) is 0 Å². The molecule has 2 aromatic heterocycles. The van der Waals surface area contributed by atoms with Crippen LogP contribution in [0.25, 0.3) is 11.0 Å². The lowest BCUT2D eigenvalue weighted by Gasteiger charge is -2.06. The van der Waals surface area contributed by atoms with Gasteiger partial charge in [0.05, 0.1) is 12.5 Å². The van der Waals surface area contributed by atoms with Gasteiger partial charge in [0.2, 0.25) is 0 Å². The molecule has 1 atom stereocenters. The summed E-state index contributed by atoms with van der Waals surface area (Å²) in [6, 6.07) is 4.12. The molecule has 0 bridgehead atoms. The first-order valence-electron chi connectivity index (χ1n) is 4.97. The van der Waals surface area contributed by atoms with Crippen molar-refractivity contribution in [2.24, 2.45) is 0 Å². The van der Waals surface area contributed by atoms with Crippen LogP contribution in [0.15, 0.2) is 29.0 Å². The van der Waals surface area contributed by atoms with Crippen LogP contribution in [-0.4, -0.2) is 18.1 Å². The van der Waals surface area contributed by atoms with Crippen LogP contribution < -0.4 is 5.32 Å². The van der Waals surface area contributed by atoms with E-state index >= 15 is 0 Å². The number of rotatable bonds is 1. The van der Waals surface area contributed by atoms with E-state index in [0.29, 0.717) is 5.92 Å². The fraction of sp³-hybridized carbons (Fsp3) is 0.364. The molecule has 1 N–H and O–H groups in total. The fourth-order valence-electron chi connectivity index (χ4n) is 2.02. The minimum Gasteiger partial charge on any atom is -0.463 e. The Balaban J connectivity index is 2.04. The van der Waals surface area contributed by atoms with Gasteiger partial charge in [0.1, 0.15) is 0 Å². The quantitative estimate of drug-likeness (QED) is 0.742. The zero-order valence-electron chi connectivity index (χ0n) is 7.86. The van der Waals surface area contributed by atoms with Crippen LogP contribution in [0.3, 0.4) is 0 Å². The molecule has 1 fully saturated rings. The molecule has 0 amide bonds. The van der Waals surface area contributed by atoms with Gasteiger partial charge in [-0.1, -0.05) is 0 Å². The number of nitrogens with one attached hydrogen (secondary N) is 1. The van der Waals surface area contributed by atoms with Gasteiger partial charge in [0.25, 0.3) is 0 Å². The summed E-state index contributed by atoms with van der Waals surface area (Å²) in [5.41, 5.74) is 2.06. The van der Waals surface area contributed by atoms with Crippen molar-refractivity contribution in [2.45, 2.75) is 12.3 Å². The van der Waals surface area contributed by atoms with Crippen LogP contribution in [-0.2, 0) is 0 Å². The summed E-state index contributed by atoms with van der Waals surface area (Å²) < 4.78 is 5.26. The normalized spacial score (nSPS) is 21.9. The number of nitrogens with zero attached hydrogens (tertiary/aromatic N) is 1. The first-order valence-corrected chi connectivity index (χ1v) is 4.97. The highest BCUT2D eigenvalue weighted by Crippen LogP contribution is 2.23. The number of furan rings is 1. The second-order valence-corrected chi connectivity index (χ2v) is 3.76. The van der Waals surface area contributed by atoms with Crippen molar-refractivity contribution >= 4 is 11.0 Å². The van der Waals surface area contributed by atoms with Gasteiger partial charge in [0.15, 0.2) is 5.58 Å². The van der Waals surface area contributed by atoms with Crippen LogP contribution in [0, 0.1) is 0 Å². The average molecular weight is 188 g/mol. The third-order valence-electron chi connectivity index (χ3n) is 2.84. The van der Waals surface area contributed by atoms with E-state index < -0.39 is 0 Å². The maximum Gasteiger partial charge on any atom is 0.152 e. The maximum atomic E-state index is 5.26. The SMILES string of the molecule is c1cc2cc(C3CCNC3)ncc2o1. The first-order chi connectivity index (χ1) is 6.93. The van der Waals surface area contributed by atoms with Crippen molar-refractivity contribution in [2.75, 3.05) is 13.1 Å². The van der Waals surface area contributed by atoms with E-state index in [-0.39, 0.29) is 0 Å². The standard InChI is InChI=1S/C11H12N2O/c1-3-12-6-9(1)10-5-8-2-4-14-11(8)7-13-10/h2,4-5,7,9,12H,1,3,6H2. The van der Waals surface area contributed by atoms with Gasteiger partial charge >= 0.3 is 0 Å². The Hall–Kier alpha value is -1.35. The molecule has 0 aromatic carbocycles. The molecule has 3 nitrogen and oxygen atoms in total. The Bertz CT molecular complexity index is 443. The predicted octanol–water partition coefficient (Wildman–Crippen LogP) is 1.90. The van der Waals surface area contributed by atoms with Crippen LogP contribution in [0.5, 0.6) is 0 Å². The van der Waals surface area contributed by atoms with Crippen molar-refractivity contribution in [1.29, 1.82) is 0 Å². The molecule has 0 radical (unpaired) electrons. The maximum absolute atomic E-state index is 5.26. The predicted molar refractivity (Wildman–Crippen MR) is 54.2 cm³/mol. The number of hydrogen-bond acceptors (Lipinski definition) is 3. The fourth-order valence-corrected chi connectivity index (χ4v) is 2.02. The summed E-state index contributed by atoms with van der Waals surface area (Å²) in [6.07, 6.45) is 4.72. The van der Waals surface area contributed by atoms with E-state index in [4.69, 9.17) is 4.42 Å². The van der Waals surface area contributed by atoms with Crippen LogP contribution >= 0.6 is 0 Å². The van der Waals surface area contributed by atoms with Gasteiger partial charge in [-0.15, -0.1) is 0 Å². The topological polar surface area (TPSA) is 38.1 Å². The summed E-state index contributed by atoms with van der Waals surface area (Å²) in [7, 11) is 0. The minimum absolute atomic E-state index is 0.578. The molecule has 0 spiro atoms. The van der Waals surface area contributed by atoms with Gasteiger partial charge in [-0.3, -0.25) is 4.98 Å². The molecule has 0 saturated carbocycles. The molecule has 3 heteroatoms. The zero-order valence-corrected chi connectivity index (χ0v) is 7.86. The van der Waals surface area contributed by atoms with E-state index in [1.54, 1.807) is 6.26 Å². The molecular weight excluding hydrogens is 176 g/mol. The largest absolute Gasteiger partial charge is 0.463 e. The lowest BCUT2D eigenvalue weighted by molar-refractivity contribution is 0.613. The van der Waals surface area contributed by atoms with Crippen molar-refractivity contribution in [3.8, 4) is 0 Å². The molecule has 1 aliphatic heterocycles. The van der Waals surface area contributed by atoms with E-state index in [1.807, 2.05) is 12.3 Å². The van der Waals surface area contributed by atoms with Crippen LogP contribution in [0.4, 0.5) is 0 Å². The lowest BCUT2D eigenvalue weighted by Crippen LogP contribution is -2.08. The molecule has 3 heterocycles. The van der Waals surface area contributed by atoms with Gasteiger partial charge < -0.3 is 9.73 Å². The second-order valence-electron chi connectivity index (χ2n) is 3.76. The molecular formula is C11H12N2O. The lowest BCUT2D eigenvalue weighted by atomic mass is 10.0. The number of pyridine rings is 1. The first kappa shape index (κ1) is 8.00. The summed E-state index contributed by atoms with van der Waals surface area (Å²) in [5, 5.41) is 4.50. The Labute approximate surface area is 82.1 Å². The monoisotopic (exact) mass is 188 g/mol. The van der Waals surface area contributed by atoms with E-state index in [1.165, 1.54) is 12.1 Å². The van der Waals surface area contributed by atoms with E-state index in [0.717, 1.165) is 24.1 Å². The summed E-state index contributed by atoms with van der Waals surface area (Å²) in [5.74, 6) is 0.578. The van der Waals surface area contributed by atoms with Gasteiger partial charge in [-0.05, 0) is 25.1 Å². The van der Waals surface area contributed by atoms with Crippen molar-refractivity contribution in [3.05, 3.63) is 30.3 Å². The second kappa shape index (κ2) is 3.10. The molecule has 3 rings (SSSR count). The number of hydrogen-bond donors (Lipinski definition) is 1. The Morgan fingerprint density at radius 3 is 3.36 bits per heavy atom. The Kier molecular flexibility index (Phi) is 1.77. The molecule has 1 aliphatic rings. The third kappa shape index (κ3) is 1.21. The molecule has 72 valence electrons. The molecule has 1 saturated heterocycles. The van der Waals surface area contributed by atoms with Crippen molar-refractivity contribution in [3.63, 3.8) is 0 Å². The Morgan fingerprint density at radius 2 is 2.50 bits per heavy atom. The molecule has 2 aromatic rings. The third-order valence-corrected chi connectivity index (χ3v) is 2.84. The molecule has 1 unspecified atom stereocenters. The average Bonchev–Trinajstić information content (AvgIpc) is 2.88. The smallest absolute Gasteiger partial charge is 0.152 e. The molecule has 0 aliphatic carbocycles. The van der Waals surface area contributed by atoms with Gasteiger partial charge in [-0.2, -0.15) is 0 Å².